The van der Waals surface area contributed by atoms with E-state index in [9.17, 15) is 4.79 Å². The monoisotopic (exact) mass is 187 g/mol. The molecule has 1 amide bonds. The van der Waals surface area contributed by atoms with Gasteiger partial charge in [0.2, 0.25) is 5.91 Å². The molecule has 0 aromatic rings. The zero-order valence-corrected chi connectivity index (χ0v) is 9.00. The molecular formula is C9H21N3O. The molecular weight excluding hydrogens is 166 g/mol. The van der Waals surface area contributed by atoms with Crippen LogP contribution in [-0.2, 0) is 4.79 Å². The Kier molecular flexibility index (Phi) is 5.66. The third-order valence-electron chi connectivity index (χ3n) is 2.67. The van der Waals surface area contributed by atoms with E-state index in [1.807, 2.05) is 13.8 Å². The molecule has 0 aliphatic rings. The Morgan fingerprint density at radius 1 is 1.38 bits per heavy atom. The number of rotatable bonds is 5. The molecule has 0 radical (unpaired) electrons. The van der Waals surface area contributed by atoms with E-state index in [4.69, 9.17) is 5.84 Å². The molecule has 0 heterocycles. The van der Waals surface area contributed by atoms with Gasteiger partial charge in [-0.1, -0.05) is 20.8 Å². The van der Waals surface area contributed by atoms with Crippen LogP contribution in [0.25, 0.3) is 0 Å². The molecule has 2 unspecified atom stereocenters. The lowest BCUT2D eigenvalue weighted by Crippen LogP contribution is -2.45. The van der Waals surface area contributed by atoms with Crippen molar-refractivity contribution in [2.75, 3.05) is 13.1 Å². The van der Waals surface area contributed by atoms with E-state index in [-0.39, 0.29) is 17.9 Å². The number of nitrogens with one attached hydrogen (secondary N) is 1. The van der Waals surface area contributed by atoms with Gasteiger partial charge in [0.05, 0.1) is 5.92 Å². The summed E-state index contributed by atoms with van der Waals surface area (Å²) >= 11 is 0. The Labute approximate surface area is 80.4 Å². The van der Waals surface area contributed by atoms with Crippen molar-refractivity contribution in [1.29, 1.82) is 0 Å². The van der Waals surface area contributed by atoms with Crippen molar-refractivity contribution in [3.63, 3.8) is 0 Å². The molecule has 4 heteroatoms. The second kappa shape index (κ2) is 5.94. The van der Waals surface area contributed by atoms with Crippen LogP contribution in [-0.4, -0.2) is 29.9 Å². The molecule has 0 spiro atoms. The molecule has 4 nitrogen and oxygen atoms in total. The maximum absolute atomic E-state index is 11.2. The summed E-state index contributed by atoms with van der Waals surface area (Å²) in [4.78, 5) is 13.5. The molecule has 0 aromatic carbocycles. The highest BCUT2D eigenvalue weighted by molar-refractivity contribution is 5.78. The van der Waals surface area contributed by atoms with Gasteiger partial charge in [-0.15, -0.1) is 0 Å². The van der Waals surface area contributed by atoms with Gasteiger partial charge in [0.15, 0.2) is 0 Å². The van der Waals surface area contributed by atoms with Crippen molar-refractivity contribution in [3.8, 4) is 0 Å². The molecule has 0 bridgehead atoms. The second-order valence-corrected chi connectivity index (χ2v) is 3.26. The van der Waals surface area contributed by atoms with Gasteiger partial charge >= 0.3 is 0 Å². The molecule has 0 fully saturated rings. The van der Waals surface area contributed by atoms with E-state index < -0.39 is 0 Å². The fourth-order valence-corrected chi connectivity index (χ4v) is 1.47. The Balaban J connectivity index is 4.21. The minimum atomic E-state index is -0.0978. The highest BCUT2D eigenvalue weighted by atomic mass is 16.2. The van der Waals surface area contributed by atoms with E-state index in [0.29, 0.717) is 0 Å². The predicted molar refractivity (Wildman–Crippen MR) is 53.9 cm³/mol. The van der Waals surface area contributed by atoms with Gasteiger partial charge in [-0.2, -0.15) is 0 Å². The number of hydrogen-bond acceptors (Lipinski definition) is 3. The van der Waals surface area contributed by atoms with Crippen LogP contribution in [0, 0.1) is 5.92 Å². The first kappa shape index (κ1) is 12.4. The average Bonchev–Trinajstić information content (AvgIpc) is 2.17. The summed E-state index contributed by atoms with van der Waals surface area (Å²) in [6, 6.07) is 0.235. The second-order valence-electron chi connectivity index (χ2n) is 3.26. The Morgan fingerprint density at radius 3 is 2.15 bits per heavy atom. The third-order valence-corrected chi connectivity index (χ3v) is 2.67. The lowest BCUT2D eigenvalue weighted by molar-refractivity contribution is -0.126. The summed E-state index contributed by atoms with van der Waals surface area (Å²) in [5.41, 5.74) is 2.18. The summed E-state index contributed by atoms with van der Waals surface area (Å²) in [5.74, 6) is 4.91. The molecule has 0 aromatic heterocycles. The van der Waals surface area contributed by atoms with Crippen LogP contribution in [0.15, 0.2) is 0 Å². The molecule has 0 saturated carbocycles. The van der Waals surface area contributed by atoms with E-state index in [1.165, 1.54) is 0 Å². The number of nitrogens with two attached hydrogens (primary N) is 1. The lowest BCUT2D eigenvalue weighted by Gasteiger charge is -2.30. The largest absolute Gasteiger partial charge is 0.300 e. The molecule has 0 rings (SSSR count). The zero-order chi connectivity index (χ0) is 10.4. The standard InChI is InChI=1S/C9H21N3O/c1-5-12(6-2)8(4)7(3)9(13)11-10/h7-8H,5-6,10H2,1-4H3,(H,11,13). The maximum atomic E-state index is 11.2. The van der Waals surface area contributed by atoms with Gasteiger partial charge in [0.25, 0.3) is 0 Å². The molecule has 0 aliphatic carbocycles. The smallest absolute Gasteiger partial charge is 0.238 e. The molecule has 0 aliphatic heterocycles. The Bertz CT molecular complexity index is 157. The molecule has 0 saturated heterocycles. The minimum absolute atomic E-state index is 0.0649. The average molecular weight is 187 g/mol. The number of hydrogen-bond donors (Lipinski definition) is 2. The van der Waals surface area contributed by atoms with Crippen molar-refractivity contribution in [2.24, 2.45) is 11.8 Å². The third kappa shape index (κ3) is 3.32. The van der Waals surface area contributed by atoms with E-state index in [1.54, 1.807) is 0 Å². The van der Waals surface area contributed by atoms with Gasteiger partial charge in [0, 0.05) is 6.04 Å². The van der Waals surface area contributed by atoms with Crippen LogP contribution in [0.2, 0.25) is 0 Å². The van der Waals surface area contributed by atoms with Crippen molar-refractivity contribution in [3.05, 3.63) is 0 Å². The molecule has 78 valence electrons. The van der Waals surface area contributed by atoms with E-state index in [2.05, 4.69) is 24.2 Å². The van der Waals surface area contributed by atoms with Gasteiger partial charge in [0.1, 0.15) is 0 Å². The SMILES string of the molecule is CCN(CC)C(C)C(C)C(=O)NN. The van der Waals surface area contributed by atoms with Gasteiger partial charge < -0.3 is 4.90 Å². The summed E-state index contributed by atoms with van der Waals surface area (Å²) in [5, 5.41) is 0. The number of nitrogens with zero attached hydrogens (tertiary/aromatic N) is 1. The van der Waals surface area contributed by atoms with Crippen LogP contribution in [0.1, 0.15) is 27.7 Å². The van der Waals surface area contributed by atoms with Crippen LogP contribution in [0.5, 0.6) is 0 Å². The molecule has 13 heavy (non-hydrogen) atoms. The van der Waals surface area contributed by atoms with Gasteiger partial charge in [-0.25, -0.2) is 5.84 Å². The topological polar surface area (TPSA) is 58.4 Å². The van der Waals surface area contributed by atoms with Crippen molar-refractivity contribution < 1.29 is 4.79 Å². The number of hydrazine groups is 1. The van der Waals surface area contributed by atoms with E-state index >= 15 is 0 Å². The summed E-state index contributed by atoms with van der Waals surface area (Å²) in [6.07, 6.45) is 0. The fraction of sp³-hybridized carbons (Fsp3) is 0.889. The summed E-state index contributed by atoms with van der Waals surface area (Å²) in [6.45, 7) is 10.0. The van der Waals surface area contributed by atoms with Crippen molar-refractivity contribution in [2.45, 2.75) is 33.7 Å². The van der Waals surface area contributed by atoms with Crippen molar-refractivity contribution >= 4 is 5.91 Å². The zero-order valence-electron chi connectivity index (χ0n) is 9.00. The first-order valence-corrected chi connectivity index (χ1v) is 4.82. The summed E-state index contributed by atoms with van der Waals surface area (Å²) in [7, 11) is 0. The highest BCUT2D eigenvalue weighted by Gasteiger charge is 2.22. The normalized spacial score (nSPS) is 15.5. The fourth-order valence-electron chi connectivity index (χ4n) is 1.47. The molecule has 2 atom stereocenters. The maximum Gasteiger partial charge on any atom is 0.238 e. The Hall–Kier alpha value is -0.610. The number of amides is 1. The number of carbonyl (C=O) groups excluding carboxylic acids is 1. The summed E-state index contributed by atoms with van der Waals surface area (Å²) < 4.78 is 0. The van der Waals surface area contributed by atoms with Crippen LogP contribution >= 0.6 is 0 Å². The minimum Gasteiger partial charge on any atom is -0.300 e. The quantitative estimate of drug-likeness (QED) is 0.371. The van der Waals surface area contributed by atoms with Crippen molar-refractivity contribution in [1.82, 2.24) is 10.3 Å². The number of carbonyl (C=O) groups is 1. The van der Waals surface area contributed by atoms with Crippen LogP contribution < -0.4 is 11.3 Å². The predicted octanol–water partition coefficient (Wildman–Crippen LogP) is 0.343. The first-order chi connectivity index (χ1) is 6.08. The first-order valence-electron chi connectivity index (χ1n) is 4.82. The Morgan fingerprint density at radius 2 is 1.85 bits per heavy atom. The highest BCUT2D eigenvalue weighted by Crippen LogP contribution is 2.10. The van der Waals surface area contributed by atoms with Crippen LogP contribution in [0.4, 0.5) is 0 Å². The van der Waals surface area contributed by atoms with Crippen LogP contribution in [0.3, 0.4) is 0 Å². The molecule has 3 N–H and O–H groups in total. The van der Waals surface area contributed by atoms with E-state index in [0.717, 1.165) is 13.1 Å². The van der Waals surface area contributed by atoms with Gasteiger partial charge in [-0.05, 0) is 20.0 Å². The van der Waals surface area contributed by atoms with Gasteiger partial charge in [-0.3, -0.25) is 10.2 Å². The lowest BCUT2D eigenvalue weighted by atomic mass is 10.0.